The second-order valence-electron chi connectivity index (χ2n) is 7.82. The highest BCUT2D eigenvalue weighted by Gasteiger charge is 2.34. The Labute approximate surface area is 185 Å². The van der Waals surface area contributed by atoms with Gasteiger partial charge in [0.2, 0.25) is 5.91 Å². The molecule has 3 heterocycles. The molecule has 0 aliphatic carbocycles. The first-order valence-corrected chi connectivity index (χ1v) is 12.6. The summed E-state index contributed by atoms with van der Waals surface area (Å²) in [5.74, 6) is -1.17. The summed E-state index contributed by atoms with van der Waals surface area (Å²) in [5, 5.41) is 2.76. The molecule has 1 amide bonds. The van der Waals surface area contributed by atoms with Crippen LogP contribution in [0.3, 0.4) is 0 Å². The van der Waals surface area contributed by atoms with Crippen molar-refractivity contribution >= 4 is 38.6 Å². The lowest BCUT2D eigenvalue weighted by atomic mass is 9.98. The molecule has 1 aromatic carbocycles. The Morgan fingerprint density at radius 3 is 2.65 bits per heavy atom. The second-order valence-corrected chi connectivity index (χ2v) is 11.3. The third kappa shape index (κ3) is 4.92. The van der Waals surface area contributed by atoms with Gasteiger partial charge in [0.25, 0.3) is 10.0 Å². The monoisotopic (exact) mass is 467 g/mol. The molecule has 7 nitrogen and oxygen atoms in total. The molecule has 168 valence electrons. The number of thiophene rings is 1. The summed E-state index contributed by atoms with van der Waals surface area (Å²) in [6, 6.07) is 8.04. The number of aryl methyl sites for hydroxylation is 1. The molecule has 0 bridgehead atoms. The number of piperidine rings is 1. The molecule has 2 saturated heterocycles. The van der Waals surface area contributed by atoms with E-state index < -0.39 is 21.8 Å². The van der Waals surface area contributed by atoms with Crippen LogP contribution in [-0.2, 0) is 19.6 Å². The van der Waals surface area contributed by atoms with E-state index in [1.165, 1.54) is 21.7 Å². The van der Waals surface area contributed by atoms with Gasteiger partial charge in [-0.1, -0.05) is 0 Å². The van der Waals surface area contributed by atoms with E-state index in [2.05, 4.69) is 5.32 Å². The molecule has 2 aliphatic heterocycles. The molecule has 10 heteroatoms. The van der Waals surface area contributed by atoms with Crippen LogP contribution < -0.4 is 10.2 Å². The van der Waals surface area contributed by atoms with Crippen molar-refractivity contribution in [2.24, 2.45) is 5.92 Å². The van der Waals surface area contributed by atoms with Gasteiger partial charge in [0, 0.05) is 36.7 Å². The van der Waals surface area contributed by atoms with E-state index in [0.29, 0.717) is 61.3 Å². The molecular formula is C21H26FN3O4S2. The van der Waals surface area contributed by atoms with E-state index in [0.717, 1.165) is 4.88 Å². The summed E-state index contributed by atoms with van der Waals surface area (Å²) in [6.45, 7) is 4.75. The molecule has 0 spiro atoms. The van der Waals surface area contributed by atoms with Gasteiger partial charge in [0.05, 0.1) is 24.8 Å². The average molecular weight is 468 g/mol. The van der Waals surface area contributed by atoms with E-state index in [-0.39, 0.29) is 12.5 Å². The number of halogens is 1. The topological polar surface area (TPSA) is 79.0 Å². The molecule has 1 unspecified atom stereocenters. The fourth-order valence-electron chi connectivity index (χ4n) is 3.94. The number of anilines is 2. The van der Waals surface area contributed by atoms with Crippen molar-refractivity contribution in [1.82, 2.24) is 4.31 Å². The highest BCUT2D eigenvalue weighted by Crippen LogP contribution is 2.29. The molecule has 2 aromatic rings. The van der Waals surface area contributed by atoms with Crippen LogP contribution in [0.25, 0.3) is 0 Å². The molecule has 2 fully saturated rings. The lowest BCUT2D eigenvalue weighted by Crippen LogP contribution is -2.43. The standard InChI is InChI=1S/C21H26FN3O4S2/c1-15-4-7-20(30-15)31(27,28)25-8-2-3-16(14-25)21(26)23-17-5-6-19(18(22)13-17)24-9-11-29-12-10-24/h4-7,13,16H,2-3,8-12,14H2,1H3,(H,23,26). The molecule has 1 aromatic heterocycles. The highest BCUT2D eigenvalue weighted by atomic mass is 32.2. The lowest BCUT2D eigenvalue weighted by molar-refractivity contribution is -0.120. The van der Waals surface area contributed by atoms with Gasteiger partial charge in [-0.05, 0) is 50.1 Å². The van der Waals surface area contributed by atoms with E-state index in [4.69, 9.17) is 4.74 Å². The molecular weight excluding hydrogens is 441 g/mol. The van der Waals surface area contributed by atoms with E-state index in [1.807, 2.05) is 11.8 Å². The van der Waals surface area contributed by atoms with Gasteiger partial charge in [-0.2, -0.15) is 4.31 Å². The van der Waals surface area contributed by atoms with Gasteiger partial charge >= 0.3 is 0 Å². The fourth-order valence-corrected chi connectivity index (χ4v) is 6.90. The molecule has 4 rings (SSSR count). The Bertz CT molecular complexity index is 1050. The van der Waals surface area contributed by atoms with Gasteiger partial charge in [-0.15, -0.1) is 11.3 Å². The normalized spacial score (nSPS) is 20.6. The number of nitrogens with zero attached hydrogens (tertiary/aromatic N) is 2. The maximum Gasteiger partial charge on any atom is 0.252 e. The van der Waals surface area contributed by atoms with Crippen LogP contribution in [0.5, 0.6) is 0 Å². The predicted octanol–water partition coefficient (Wildman–Crippen LogP) is 3.07. The molecule has 0 radical (unpaired) electrons. The molecule has 1 N–H and O–H groups in total. The number of sulfonamides is 1. The van der Waals surface area contributed by atoms with Gasteiger partial charge < -0.3 is 15.0 Å². The van der Waals surface area contributed by atoms with Crippen LogP contribution in [-0.4, -0.2) is 58.0 Å². The van der Waals surface area contributed by atoms with Crippen LogP contribution in [0.2, 0.25) is 0 Å². The molecule has 2 aliphatic rings. The van der Waals surface area contributed by atoms with Crippen molar-refractivity contribution in [3.8, 4) is 0 Å². The Kier molecular flexibility index (Phi) is 6.61. The van der Waals surface area contributed by atoms with Crippen molar-refractivity contribution in [2.75, 3.05) is 49.6 Å². The van der Waals surface area contributed by atoms with Gasteiger partial charge in [-0.25, -0.2) is 12.8 Å². The van der Waals surface area contributed by atoms with Crippen molar-refractivity contribution in [1.29, 1.82) is 0 Å². The number of benzene rings is 1. The second kappa shape index (κ2) is 9.23. The highest BCUT2D eigenvalue weighted by molar-refractivity contribution is 7.91. The van der Waals surface area contributed by atoms with Crippen LogP contribution in [0, 0.1) is 18.7 Å². The third-order valence-electron chi connectivity index (χ3n) is 5.63. The average Bonchev–Trinajstić information content (AvgIpc) is 3.22. The molecule has 0 saturated carbocycles. The number of morpholine rings is 1. The van der Waals surface area contributed by atoms with Crippen molar-refractivity contribution in [2.45, 2.75) is 24.0 Å². The zero-order chi connectivity index (χ0) is 22.0. The van der Waals surface area contributed by atoms with Gasteiger partial charge in [0.1, 0.15) is 10.0 Å². The summed E-state index contributed by atoms with van der Waals surface area (Å²) in [6.07, 6.45) is 1.20. The maximum atomic E-state index is 14.6. The fraction of sp³-hybridized carbons (Fsp3) is 0.476. The molecule has 1 atom stereocenters. The number of hydrogen-bond donors (Lipinski definition) is 1. The van der Waals surface area contributed by atoms with E-state index in [1.54, 1.807) is 24.3 Å². The zero-order valence-corrected chi connectivity index (χ0v) is 19.0. The Morgan fingerprint density at radius 1 is 1.19 bits per heavy atom. The SMILES string of the molecule is Cc1ccc(S(=O)(=O)N2CCCC(C(=O)Nc3ccc(N4CCOCC4)c(F)c3)C2)s1. The summed E-state index contributed by atoms with van der Waals surface area (Å²) >= 11 is 1.23. The summed E-state index contributed by atoms with van der Waals surface area (Å²) < 4.78 is 47.4. The Morgan fingerprint density at radius 2 is 1.97 bits per heavy atom. The minimum atomic E-state index is -3.61. The number of carbonyl (C=O) groups is 1. The smallest absolute Gasteiger partial charge is 0.252 e. The first kappa shape index (κ1) is 22.2. The largest absolute Gasteiger partial charge is 0.378 e. The summed E-state index contributed by atoms with van der Waals surface area (Å²) in [7, 11) is -3.61. The van der Waals surface area contributed by atoms with Crippen LogP contribution in [0.15, 0.2) is 34.5 Å². The Hall–Kier alpha value is -2.01. The number of rotatable bonds is 5. The molecule has 31 heavy (non-hydrogen) atoms. The zero-order valence-electron chi connectivity index (χ0n) is 17.3. The van der Waals surface area contributed by atoms with Crippen LogP contribution in [0.4, 0.5) is 15.8 Å². The number of carbonyl (C=O) groups excluding carboxylic acids is 1. The van der Waals surface area contributed by atoms with Crippen molar-refractivity contribution in [3.05, 3.63) is 41.0 Å². The van der Waals surface area contributed by atoms with E-state index >= 15 is 0 Å². The number of amides is 1. The minimum Gasteiger partial charge on any atom is -0.378 e. The Balaban J connectivity index is 1.42. The van der Waals surface area contributed by atoms with Crippen LogP contribution >= 0.6 is 11.3 Å². The van der Waals surface area contributed by atoms with Gasteiger partial charge in [-0.3, -0.25) is 4.79 Å². The summed E-state index contributed by atoms with van der Waals surface area (Å²) in [4.78, 5) is 15.6. The first-order valence-electron chi connectivity index (χ1n) is 10.3. The first-order chi connectivity index (χ1) is 14.8. The maximum absolute atomic E-state index is 14.6. The number of ether oxygens (including phenoxy) is 1. The van der Waals surface area contributed by atoms with Crippen molar-refractivity contribution < 1.29 is 22.3 Å². The third-order valence-corrected chi connectivity index (χ3v) is 8.96. The quantitative estimate of drug-likeness (QED) is 0.731. The number of hydrogen-bond acceptors (Lipinski definition) is 6. The van der Waals surface area contributed by atoms with Crippen LogP contribution in [0.1, 0.15) is 17.7 Å². The number of nitrogens with one attached hydrogen (secondary N) is 1. The van der Waals surface area contributed by atoms with Gasteiger partial charge in [0.15, 0.2) is 0 Å². The lowest BCUT2D eigenvalue weighted by Gasteiger charge is -2.31. The predicted molar refractivity (Wildman–Crippen MR) is 119 cm³/mol. The van der Waals surface area contributed by atoms with Crippen molar-refractivity contribution in [3.63, 3.8) is 0 Å². The van der Waals surface area contributed by atoms with E-state index in [9.17, 15) is 17.6 Å². The summed E-state index contributed by atoms with van der Waals surface area (Å²) in [5.41, 5.74) is 0.857. The minimum absolute atomic E-state index is 0.124.